The van der Waals surface area contributed by atoms with E-state index < -0.39 is 4.92 Å². The van der Waals surface area contributed by atoms with Crippen molar-refractivity contribution in [1.82, 2.24) is 0 Å². The molecule has 0 amide bonds. The van der Waals surface area contributed by atoms with Gasteiger partial charge in [0.15, 0.2) is 11.5 Å². The van der Waals surface area contributed by atoms with Crippen LogP contribution in [0.1, 0.15) is 18.4 Å². The first-order chi connectivity index (χ1) is 15.7. The standard InChI is InChI=1S/C21H21Cl4NO7/c1-30-19(27)4-3-13-9-15(22)20(16(23)10-13)32-6-2-5-31-7-8-33-21-17(24)11-14(26(28)29)12-18(21)25/h9-12H,2-8H2,1H3. The van der Waals surface area contributed by atoms with Gasteiger partial charge in [0.1, 0.15) is 6.61 Å². The Morgan fingerprint density at radius 2 is 1.42 bits per heavy atom. The number of hydrogen-bond acceptors (Lipinski definition) is 7. The van der Waals surface area contributed by atoms with Crippen LogP contribution in [0.2, 0.25) is 20.1 Å². The predicted molar refractivity (Wildman–Crippen MR) is 126 cm³/mol. The minimum atomic E-state index is -0.591. The number of non-ortho nitro benzene ring substituents is 1. The zero-order valence-corrected chi connectivity index (χ0v) is 20.6. The summed E-state index contributed by atoms with van der Waals surface area (Å²) >= 11 is 24.4. The number of aryl methyl sites for hydroxylation is 1. The van der Waals surface area contributed by atoms with Crippen molar-refractivity contribution in [3.8, 4) is 11.5 Å². The minimum Gasteiger partial charge on any atom is -0.490 e. The lowest BCUT2D eigenvalue weighted by Gasteiger charge is -2.12. The second-order valence-electron chi connectivity index (χ2n) is 6.62. The van der Waals surface area contributed by atoms with Crippen molar-refractivity contribution in [3.63, 3.8) is 0 Å². The maximum atomic E-state index is 11.3. The fraction of sp³-hybridized carbons (Fsp3) is 0.381. The highest BCUT2D eigenvalue weighted by atomic mass is 35.5. The molecule has 0 heterocycles. The minimum absolute atomic E-state index is 0.0488. The van der Waals surface area contributed by atoms with Crippen molar-refractivity contribution < 1.29 is 28.7 Å². The Morgan fingerprint density at radius 3 is 1.97 bits per heavy atom. The van der Waals surface area contributed by atoms with E-state index in [1.807, 2.05) is 0 Å². The maximum Gasteiger partial charge on any atom is 0.305 e. The molecular weight excluding hydrogens is 520 g/mol. The quantitative estimate of drug-likeness (QED) is 0.129. The lowest BCUT2D eigenvalue weighted by Crippen LogP contribution is -2.10. The normalized spacial score (nSPS) is 10.7. The molecule has 12 heteroatoms. The number of halogens is 4. The van der Waals surface area contributed by atoms with Gasteiger partial charge >= 0.3 is 5.97 Å². The summed E-state index contributed by atoms with van der Waals surface area (Å²) in [7, 11) is 1.33. The average molecular weight is 541 g/mol. The van der Waals surface area contributed by atoms with E-state index in [9.17, 15) is 14.9 Å². The number of nitro benzene ring substituents is 1. The number of benzene rings is 2. The third-order valence-corrected chi connectivity index (χ3v) is 5.37. The Morgan fingerprint density at radius 1 is 0.879 bits per heavy atom. The van der Waals surface area contributed by atoms with Gasteiger partial charge < -0.3 is 18.9 Å². The topological polar surface area (TPSA) is 97.1 Å². The Kier molecular flexibility index (Phi) is 11.3. The van der Waals surface area contributed by atoms with Gasteiger partial charge in [-0.3, -0.25) is 14.9 Å². The molecule has 0 saturated heterocycles. The van der Waals surface area contributed by atoms with Gasteiger partial charge in [-0.15, -0.1) is 0 Å². The molecule has 0 radical (unpaired) electrons. The number of carbonyl (C=O) groups excluding carboxylic acids is 1. The Bertz CT molecular complexity index is 941. The molecule has 0 spiro atoms. The number of nitrogens with zero attached hydrogens (tertiary/aromatic N) is 1. The van der Waals surface area contributed by atoms with Gasteiger partial charge in [-0.2, -0.15) is 0 Å². The van der Waals surface area contributed by atoms with Crippen molar-refractivity contribution >= 4 is 58.1 Å². The number of carbonyl (C=O) groups is 1. The molecule has 2 aromatic carbocycles. The molecule has 0 aliphatic rings. The SMILES string of the molecule is COC(=O)CCc1cc(Cl)c(OCCCOCCOc2c(Cl)cc([N+](=O)[O-])cc2Cl)c(Cl)c1. The van der Waals surface area contributed by atoms with Crippen LogP contribution >= 0.6 is 46.4 Å². The maximum absolute atomic E-state index is 11.3. The molecule has 0 atom stereocenters. The van der Waals surface area contributed by atoms with Gasteiger partial charge in [0.2, 0.25) is 0 Å². The van der Waals surface area contributed by atoms with Gasteiger partial charge in [-0.25, -0.2) is 0 Å². The molecule has 2 aromatic rings. The van der Waals surface area contributed by atoms with Gasteiger partial charge in [0.25, 0.3) is 5.69 Å². The van der Waals surface area contributed by atoms with Crippen LogP contribution in [-0.2, 0) is 20.7 Å². The number of methoxy groups -OCH3 is 1. The fourth-order valence-electron chi connectivity index (χ4n) is 2.67. The predicted octanol–water partition coefficient (Wildman–Crippen LogP) is 6.18. The molecule has 0 saturated carbocycles. The van der Waals surface area contributed by atoms with Crippen molar-refractivity contribution in [2.75, 3.05) is 33.5 Å². The second kappa shape index (κ2) is 13.7. The first-order valence-electron chi connectivity index (χ1n) is 9.74. The van der Waals surface area contributed by atoms with E-state index in [4.69, 9.17) is 60.6 Å². The average Bonchev–Trinajstić information content (AvgIpc) is 2.76. The first kappa shape index (κ1) is 27.3. The van der Waals surface area contributed by atoms with E-state index in [1.54, 1.807) is 12.1 Å². The molecule has 0 aliphatic carbocycles. The highest BCUT2D eigenvalue weighted by Gasteiger charge is 2.16. The number of rotatable bonds is 13. The molecule has 33 heavy (non-hydrogen) atoms. The molecule has 0 unspecified atom stereocenters. The van der Waals surface area contributed by atoms with E-state index in [0.29, 0.717) is 41.9 Å². The third kappa shape index (κ3) is 8.72. The molecule has 0 aromatic heterocycles. The van der Waals surface area contributed by atoms with Crippen molar-refractivity contribution in [1.29, 1.82) is 0 Å². The zero-order valence-electron chi connectivity index (χ0n) is 17.6. The van der Waals surface area contributed by atoms with Crippen molar-refractivity contribution in [2.45, 2.75) is 19.3 Å². The highest BCUT2D eigenvalue weighted by molar-refractivity contribution is 6.38. The Labute approximate surface area is 210 Å². The van der Waals surface area contributed by atoms with Crippen LogP contribution in [0.3, 0.4) is 0 Å². The summed E-state index contributed by atoms with van der Waals surface area (Å²) in [6.07, 6.45) is 1.25. The number of hydrogen-bond donors (Lipinski definition) is 0. The highest BCUT2D eigenvalue weighted by Crippen LogP contribution is 2.37. The van der Waals surface area contributed by atoms with Crippen LogP contribution in [0.4, 0.5) is 5.69 Å². The molecule has 8 nitrogen and oxygen atoms in total. The number of esters is 1. The first-order valence-corrected chi connectivity index (χ1v) is 11.3. The summed E-state index contributed by atoms with van der Waals surface area (Å²) in [5.74, 6) is 0.216. The van der Waals surface area contributed by atoms with Crippen LogP contribution in [0, 0.1) is 10.1 Å². The lowest BCUT2D eigenvalue weighted by molar-refractivity contribution is -0.384. The summed E-state index contributed by atoms with van der Waals surface area (Å²) in [5.41, 5.74) is 0.587. The molecule has 180 valence electrons. The number of ether oxygens (including phenoxy) is 4. The van der Waals surface area contributed by atoms with Gasteiger partial charge in [-0.05, 0) is 24.1 Å². The summed E-state index contributed by atoms with van der Waals surface area (Å²) in [6.45, 7) is 1.11. The van der Waals surface area contributed by atoms with Gasteiger partial charge in [-0.1, -0.05) is 46.4 Å². The lowest BCUT2D eigenvalue weighted by atomic mass is 10.1. The summed E-state index contributed by atoms with van der Waals surface area (Å²) in [4.78, 5) is 21.5. The molecule has 0 bridgehead atoms. The van der Waals surface area contributed by atoms with Crippen LogP contribution in [-0.4, -0.2) is 44.4 Å². The molecule has 0 N–H and O–H groups in total. The van der Waals surface area contributed by atoms with E-state index in [0.717, 1.165) is 5.56 Å². The largest absolute Gasteiger partial charge is 0.490 e. The molecule has 0 fully saturated rings. The Hall–Kier alpha value is -1.97. The van der Waals surface area contributed by atoms with E-state index >= 15 is 0 Å². The van der Waals surface area contributed by atoms with Crippen LogP contribution in [0.25, 0.3) is 0 Å². The van der Waals surface area contributed by atoms with Crippen LogP contribution in [0.5, 0.6) is 11.5 Å². The van der Waals surface area contributed by atoms with Gasteiger partial charge in [0, 0.05) is 31.6 Å². The van der Waals surface area contributed by atoms with Gasteiger partial charge in [0.05, 0.1) is 45.3 Å². The van der Waals surface area contributed by atoms with E-state index in [-0.39, 0.29) is 47.1 Å². The summed E-state index contributed by atoms with van der Waals surface area (Å²) in [6, 6.07) is 5.74. The number of nitro groups is 1. The third-order valence-electron chi connectivity index (χ3n) is 4.25. The summed E-state index contributed by atoms with van der Waals surface area (Å²) < 4.78 is 21.2. The van der Waals surface area contributed by atoms with E-state index in [1.165, 1.54) is 19.2 Å². The molecule has 0 aliphatic heterocycles. The summed E-state index contributed by atoms with van der Waals surface area (Å²) in [5, 5.41) is 11.6. The second-order valence-corrected chi connectivity index (χ2v) is 8.25. The van der Waals surface area contributed by atoms with Crippen LogP contribution in [0.15, 0.2) is 24.3 Å². The Balaban J connectivity index is 1.69. The smallest absolute Gasteiger partial charge is 0.305 e. The molecule has 2 rings (SSSR count). The zero-order chi connectivity index (χ0) is 24.4. The van der Waals surface area contributed by atoms with Crippen molar-refractivity contribution in [3.05, 3.63) is 60.0 Å². The van der Waals surface area contributed by atoms with Crippen molar-refractivity contribution in [2.24, 2.45) is 0 Å². The van der Waals surface area contributed by atoms with Crippen LogP contribution < -0.4 is 9.47 Å². The monoisotopic (exact) mass is 539 g/mol. The van der Waals surface area contributed by atoms with E-state index in [2.05, 4.69) is 4.74 Å². The fourth-order valence-corrected chi connectivity index (χ4v) is 3.90. The molecular formula is C21H21Cl4NO7.